The van der Waals surface area contributed by atoms with Gasteiger partial charge >= 0.3 is 0 Å². The lowest BCUT2D eigenvalue weighted by Gasteiger charge is -2.03. The first-order valence-electron chi connectivity index (χ1n) is 6.31. The molecule has 0 spiro atoms. The van der Waals surface area contributed by atoms with Gasteiger partial charge in [-0.2, -0.15) is 0 Å². The molecule has 6 heteroatoms. The zero-order valence-electron chi connectivity index (χ0n) is 10.9. The number of benzene rings is 1. The Morgan fingerprint density at radius 2 is 1.90 bits per heavy atom. The molecule has 6 nitrogen and oxygen atoms in total. The van der Waals surface area contributed by atoms with Gasteiger partial charge in [0.1, 0.15) is 17.7 Å². The number of hydrogen-bond acceptors (Lipinski definition) is 5. The van der Waals surface area contributed by atoms with Crippen LogP contribution in [0.15, 0.2) is 53.3 Å². The van der Waals surface area contributed by atoms with Gasteiger partial charge in [-0.25, -0.2) is 0 Å². The first kappa shape index (κ1) is 13.0. The number of carbonyl (C=O) groups is 2. The molecular formula is C15H11N3O3. The molecule has 3 rings (SSSR count). The molecule has 0 atom stereocenters. The van der Waals surface area contributed by atoms with E-state index in [9.17, 15) is 9.59 Å². The molecule has 0 unspecified atom stereocenters. The minimum Gasteiger partial charge on any atom is -0.472 e. The summed E-state index contributed by atoms with van der Waals surface area (Å²) in [4.78, 5) is 24.0. The van der Waals surface area contributed by atoms with Crippen molar-refractivity contribution >= 4 is 17.4 Å². The number of para-hydroxylation sites is 1. The fourth-order valence-corrected chi connectivity index (χ4v) is 1.95. The summed E-state index contributed by atoms with van der Waals surface area (Å²) in [5.74, 6) is -0.789. The standard InChI is InChI=1S/C15H11N3O3/c19-13(8-14(20)16-10-4-2-1-3-5-10)15-11-9-21-7-6-12(11)17-18-15/h1-7,9H,8H2,(H,16,20). The Bertz CT molecular complexity index is 752. The van der Waals surface area contributed by atoms with Crippen molar-refractivity contribution in [3.63, 3.8) is 0 Å². The number of rotatable bonds is 4. The van der Waals surface area contributed by atoms with Gasteiger partial charge in [-0.05, 0) is 12.1 Å². The zero-order valence-corrected chi connectivity index (χ0v) is 10.9. The lowest BCUT2D eigenvalue weighted by molar-refractivity contribution is -0.115. The number of anilines is 1. The molecule has 1 aromatic carbocycles. The Kier molecular flexibility index (Phi) is 3.42. The molecule has 104 valence electrons. The second-order valence-corrected chi connectivity index (χ2v) is 4.42. The Labute approximate surface area is 120 Å². The topological polar surface area (TPSA) is 85.1 Å². The third-order valence-electron chi connectivity index (χ3n) is 2.92. The van der Waals surface area contributed by atoms with Crippen LogP contribution in [-0.2, 0) is 4.79 Å². The van der Waals surface area contributed by atoms with E-state index >= 15 is 0 Å². The van der Waals surface area contributed by atoms with Crippen LogP contribution in [0.25, 0.3) is 11.3 Å². The van der Waals surface area contributed by atoms with Crippen molar-refractivity contribution in [3.05, 3.63) is 54.6 Å². The molecule has 2 aliphatic rings. The summed E-state index contributed by atoms with van der Waals surface area (Å²) in [6.07, 6.45) is 2.56. The molecule has 0 aliphatic carbocycles. The number of amides is 1. The van der Waals surface area contributed by atoms with Crippen molar-refractivity contribution in [3.8, 4) is 11.3 Å². The lowest BCUT2D eigenvalue weighted by Crippen LogP contribution is -2.17. The van der Waals surface area contributed by atoms with Gasteiger partial charge in [-0.3, -0.25) is 9.59 Å². The predicted octanol–water partition coefficient (Wildman–Crippen LogP) is 2.39. The largest absolute Gasteiger partial charge is 0.472 e. The molecule has 0 fully saturated rings. The molecule has 0 aromatic heterocycles. The normalized spacial score (nSPS) is 10.5. The van der Waals surface area contributed by atoms with Gasteiger partial charge in [-0.1, -0.05) is 18.2 Å². The number of hydrogen-bond donors (Lipinski definition) is 1. The second-order valence-electron chi connectivity index (χ2n) is 4.42. The predicted molar refractivity (Wildman–Crippen MR) is 74.9 cm³/mol. The van der Waals surface area contributed by atoms with Crippen LogP contribution in [0.2, 0.25) is 0 Å². The maximum Gasteiger partial charge on any atom is 0.232 e. The first-order chi connectivity index (χ1) is 10.2. The van der Waals surface area contributed by atoms with Gasteiger partial charge in [-0.15, -0.1) is 10.2 Å². The molecule has 21 heavy (non-hydrogen) atoms. The van der Waals surface area contributed by atoms with Crippen LogP contribution in [0.5, 0.6) is 0 Å². The van der Waals surface area contributed by atoms with Gasteiger partial charge in [0.2, 0.25) is 5.91 Å². The summed E-state index contributed by atoms with van der Waals surface area (Å²) in [5.41, 5.74) is 1.87. The van der Waals surface area contributed by atoms with Crippen LogP contribution in [0.3, 0.4) is 0 Å². The Hall–Kier alpha value is -3.02. The highest BCUT2D eigenvalue weighted by molar-refractivity contribution is 6.12. The summed E-state index contributed by atoms with van der Waals surface area (Å²) in [6, 6.07) is 10.6. The van der Waals surface area contributed by atoms with E-state index in [1.807, 2.05) is 6.07 Å². The van der Waals surface area contributed by atoms with E-state index in [1.54, 1.807) is 30.3 Å². The van der Waals surface area contributed by atoms with Gasteiger partial charge < -0.3 is 9.73 Å². The third-order valence-corrected chi connectivity index (χ3v) is 2.92. The molecule has 0 bridgehead atoms. The molecule has 0 saturated carbocycles. The number of carbonyl (C=O) groups excluding carboxylic acids is 2. The minimum atomic E-state index is -0.396. The summed E-state index contributed by atoms with van der Waals surface area (Å²) in [5, 5.41) is 10.3. The third kappa shape index (κ3) is 2.79. The van der Waals surface area contributed by atoms with Crippen LogP contribution in [-0.4, -0.2) is 21.9 Å². The Morgan fingerprint density at radius 1 is 1.10 bits per heavy atom. The van der Waals surface area contributed by atoms with E-state index in [1.165, 1.54) is 12.5 Å². The number of aromatic nitrogens is 2. The quantitative estimate of drug-likeness (QED) is 0.586. The molecule has 0 saturated heterocycles. The van der Waals surface area contributed by atoms with Gasteiger partial charge in [0, 0.05) is 11.8 Å². The maximum absolute atomic E-state index is 12.1. The van der Waals surface area contributed by atoms with Gasteiger partial charge in [0.15, 0.2) is 5.78 Å². The number of nitrogens with zero attached hydrogens (tertiary/aromatic N) is 2. The number of Topliss-reactive ketones (excluding diaryl/α,β-unsaturated/α-hetero) is 1. The zero-order chi connectivity index (χ0) is 14.7. The van der Waals surface area contributed by atoms with Crippen LogP contribution >= 0.6 is 0 Å². The Morgan fingerprint density at radius 3 is 2.71 bits per heavy atom. The molecule has 2 aliphatic heterocycles. The SMILES string of the molecule is O=C(CC(=O)c1nnc2ccocc1-2)Nc1ccccc1. The van der Waals surface area contributed by atoms with E-state index in [-0.39, 0.29) is 12.1 Å². The minimum absolute atomic E-state index is 0.151. The first-order valence-corrected chi connectivity index (χ1v) is 6.31. The van der Waals surface area contributed by atoms with E-state index < -0.39 is 11.7 Å². The van der Waals surface area contributed by atoms with Gasteiger partial charge in [0.05, 0.1) is 18.2 Å². The summed E-state index contributed by atoms with van der Waals surface area (Å²) in [6.45, 7) is 0. The van der Waals surface area contributed by atoms with Crippen molar-refractivity contribution in [2.45, 2.75) is 6.42 Å². The smallest absolute Gasteiger partial charge is 0.232 e. The fraction of sp³-hybridized carbons (Fsp3) is 0.0667. The van der Waals surface area contributed by atoms with E-state index in [2.05, 4.69) is 15.5 Å². The Balaban J connectivity index is 1.70. The van der Waals surface area contributed by atoms with Crippen LogP contribution in [0.1, 0.15) is 16.9 Å². The molecule has 1 N–H and O–H groups in total. The van der Waals surface area contributed by atoms with E-state index in [4.69, 9.17) is 4.42 Å². The maximum atomic E-state index is 12.1. The number of fused-ring (bicyclic) bond motifs is 1. The number of ketones is 1. The monoisotopic (exact) mass is 281 g/mol. The van der Waals surface area contributed by atoms with Crippen molar-refractivity contribution in [1.82, 2.24) is 10.2 Å². The second kappa shape index (κ2) is 5.54. The van der Waals surface area contributed by atoms with Crippen molar-refractivity contribution in [2.24, 2.45) is 0 Å². The van der Waals surface area contributed by atoms with Crippen molar-refractivity contribution < 1.29 is 14.0 Å². The molecular weight excluding hydrogens is 270 g/mol. The average Bonchev–Trinajstić information content (AvgIpc) is 2.92. The van der Waals surface area contributed by atoms with Crippen molar-refractivity contribution in [2.75, 3.05) is 5.32 Å². The van der Waals surface area contributed by atoms with Crippen LogP contribution in [0, 0.1) is 0 Å². The fourth-order valence-electron chi connectivity index (χ4n) is 1.95. The van der Waals surface area contributed by atoms with E-state index in [0.717, 1.165) is 0 Å². The highest BCUT2D eigenvalue weighted by atomic mass is 16.3. The van der Waals surface area contributed by atoms with Gasteiger partial charge in [0.25, 0.3) is 0 Å². The number of nitrogens with one attached hydrogen (secondary N) is 1. The highest BCUT2D eigenvalue weighted by Gasteiger charge is 2.22. The van der Waals surface area contributed by atoms with E-state index in [0.29, 0.717) is 16.9 Å². The average molecular weight is 281 g/mol. The van der Waals surface area contributed by atoms with Crippen molar-refractivity contribution in [1.29, 1.82) is 0 Å². The lowest BCUT2D eigenvalue weighted by atomic mass is 10.1. The summed E-state index contributed by atoms with van der Waals surface area (Å²) in [7, 11) is 0. The summed E-state index contributed by atoms with van der Waals surface area (Å²) >= 11 is 0. The molecule has 1 amide bonds. The molecule has 0 radical (unpaired) electrons. The molecule has 2 heterocycles. The molecule has 1 aromatic rings. The highest BCUT2D eigenvalue weighted by Crippen LogP contribution is 2.23. The van der Waals surface area contributed by atoms with Crippen LogP contribution in [0.4, 0.5) is 5.69 Å². The summed E-state index contributed by atoms with van der Waals surface area (Å²) < 4.78 is 5.01. The van der Waals surface area contributed by atoms with Crippen LogP contribution < -0.4 is 5.32 Å².